The zero-order chi connectivity index (χ0) is 14.3. The van der Waals surface area contributed by atoms with Gasteiger partial charge in [0.2, 0.25) is 0 Å². The van der Waals surface area contributed by atoms with Crippen molar-refractivity contribution in [1.29, 1.82) is 0 Å². The van der Waals surface area contributed by atoms with E-state index in [-0.39, 0.29) is 0 Å². The number of halogens is 2. The molecule has 0 aliphatic heterocycles. The van der Waals surface area contributed by atoms with E-state index in [1.54, 1.807) is 23.5 Å². The molecule has 0 atom stereocenters. The summed E-state index contributed by atoms with van der Waals surface area (Å²) in [5.41, 5.74) is 8.14. The summed E-state index contributed by atoms with van der Waals surface area (Å²) in [5, 5.41) is 3.85. The van der Waals surface area contributed by atoms with Crippen molar-refractivity contribution in [2.75, 3.05) is 11.1 Å². The van der Waals surface area contributed by atoms with Gasteiger partial charge < -0.3 is 11.1 Å². The van der Waals surface area contributed by atoms with Gasteiger partial charge in [-0.3, -0.25) is 0 Å². The molecule has 1 aromatic heterocycles. The third-order valence-electron chi connectivity index (χ3n) is 2.81. The summed E-state index contributed by atoms with van der Waals surface area (Å²) in [7, 11) is 0. The molecule has 3 N–H and O–H groups in total. The third kappa shape index (κ3) is 2.42. The second-order valence-electron chi connectivity index (χ2n) is 4.42. The van der Waals surface area contributed by atoms with Crippen LogP contribution < -0.4 is 11.1 Å². The Bertz CT molecular complexity index is 778. The molecule has 0 aliphatic rings. The van der Waals surface area contributed by atoms with Crippen molar-refractivity contribution < 1.29 is 8.78 Å². The predicted octanol–water partition coefficient (Wildman–Crippen LogP) is 4.21. The van der Waals surface area contributed by atoms with E-state index in [1.807, 2.05) is 6.92 Å². The standard InChI is InChI=1S/C14H11F2N3S/c1-7-18-13-6-12(11(17)5-14(13)20-7)19-10-3-8(15)2-9(16)4-10/h2-6,19H,17H2,1H3. The smallest absolute Gasteiger partial charge is 0.128 e. The van der Waals surface area contributed by atoms with Crippen LogP contribution in [0.2, 0.25) is 0 Å². The number of aromatic nitrogens is 1. The summed E-state index contributed by atoms with van der Waals surface area (Å²) in [4.78, 5) is 4.37. The summed E-state index contributed by atoms with van der Waals surface area (Å²) in [6, 6.07) is 6.81. The fraction of sp³-hybridized carbons (Fsp3) is 0.0714. The van der Waals surface area contributed by atoms with Crippen molar-refractivity contribution in [1.82, 2.24) is 4.98 Å². The number of nitrogens with one attached hydrogen (secondary N) is 1. The van der Waals surface area contributed by atoms with Crippen molar-refractivity contribution in [2.45, 2.75) is 6.92 Å². The number of fused-ring (bicyclic) bond motifs is 1. The molecule has 0 fully saturated rings. The van der Waals surface area contributed by atoms with Crippen LogP contribution in [0.4, 0.5) is 25.8 Å². The van der Waals surface area contributed by atoms with E-state index >= 15 is 0 Å². The Morgan fingerprint density at radius 1 is 1.10 bits per heavy atom. The molecule has 0 saturated carbocycles. The number of benzene rings is 2. The largest absolute Gasteiger partial charge is 0.397 e. The SMILES string of the molecule is Cc1nc2cc(Nc3cc(F)cc(F)c3)c(N)cc2s1. The lowest BCUT2D eigenvalue weighted by Crippen LogP contribution is -1.97. The molecule has 0 unspecified atom stereocenters. The maximum Gasteiger partial charge on any atom is 0.128 e. The molecule has 1 heterocycles. The number of anilines is 3. The van der Waals surface area contributed by atoms with Crippen LogP contribution in [0.3, 0.4) is 0 Å². The monoisotopic (exact) mass is 291 g/mol. The molecule has 3 nitrogen and oxygen atoms in total. The Hall–Kier alpha value is -2.21. The summed E-state index contributed by atoms with van der Waals surface area (Å²) < 4.78 is 27.3. The highest BCUT2D eigenvalue weighted by Crippen LogP contribution is 2.31. The number of hydrogen-bond donors (Lipinski definition) is 2. The number of aryl methyl sites for hydroxylation is 1. The molecule has 0 spiro atoms. The Labute approximate surface area is 118 Å². The molecule has 2 aromatic carbocycles. The molecule has 3 aromatic rings. The minimum atomic E-state index is -0.642. The van der Waals surface area contributed by atoms with Gasteiger partial charge in [0.05, 0.1) is 26.6 Å². The molecule has 3 rings (SSSR count). The van der Waals surface area contributed by atoms with Crippen LogP contribution in [0.5, 0.6) is 0 Å². The van der Waals surface area contributed by atoms with E-state index in [2.05, 4.69) is 10.3 Å². The van der Waals surface area contributed by atoms with Gasteiger partial charge in [-0.2, -0.15) is 0 Å². The zero-order valence-corrected chi connectivity index (χ0v) is 11.4. The molecule has 0 aliphatic carbocycles. The van der Waals surface area contributed by atoms with E-state index in [0.717, 1.165) is 21.3 Å². The van der Waals surface area contributed by atoms with Gasteiger partial charge in [-0.05, 0) is 31.2 Å². The minimum Gasteiger partial charge on any atom is -0.397 e. The fourth-order valence-electron chi connectivity index (χ4n) is 1.99. The highest BCUT2D eigenvalue weighted by atomic mass is 32.1. The average Bonchev–Trinajstić information content (AvgIpc) is 2.67. The first kappa shape index (κ1) is 12.8. The lowest BCUT2D eigenvalue weighted by atomic mass is 10.2. The molecule has 6 heteroatoms. The van der Waals surface area contributed by atoms with Gasteiger partial charge in [0.15, 0.2) is 0 Å². The normalized spacial score (nSPS) is 10.9. The molecule has 0 radical (unpaired) electrons. The summed E-state index contributed by atoms with van der Waals surface area (Å²) in [6.45, 7) is 1.91. The van der Waals surface area contributed by atoms with Gasteiger partial charge in [-0.25, -0.2) is 13.8 Å². The first-order chi connectivity index (χ1) is 9.51. The van der Waals surface area contributed by atoms with Crippen molar-refractivity contribution >= 4 is 38.6 Å². The van der Waals surface area contributed by atoms with Gasteiger partial charge in [-0.1, -0.05) is 0 Å². The lowest BCUT2D eigenvalue weighted by molar-refractivity contribution is 0.584. The van der Waals surface area contributed by atoms with Gasteiger partial charge in [0.25, 0.3) is 0 Å². The number of nitrogen functional groups attached to an aromatic ring is 1. The van der Waals surface area contributed by atoms with E-state index in [1.165, 1.54) is 12.1 Å². The highest BCUT2D eigenvalue weighted by molar-refractivity contribution is 7.18. The van der Waals surface area contributed by atoms with Crippen LogP contribution in [-0.2, 0) is 0 Å². The van der Waals surface area contributed by atoms with Crippen LogP contribution in [0.15, 0.2) is 30.3 Å². The predicted molar refractivity (Wildman–Crippen MR) is 78.4 cm³/mol. The maximum atomic E-state index is 13.2. The molecule has 102 valence electrons. The molecular formula is C14H11F2N3S. The number of nitrogens with zero attached hydrogens (tertiary/aromatic N) is 1. The second-order valence-corrected chi connectivity index (χ2v) is 5.66. The first-order valence-corrected chi connectivity index (χ1v) is 6.73. The Morgan fingerprint density at radius 2 is 1.80 bits per heavy atom. The van der Waals surface area contributed by atoms with Gasteiger partial charge >= 0.3 is 0 Å². The van der Waals surface area contributed by atoms with Crippen molar-refractivity contribution in [3.63, 3.8) is 0 Å². The van der Waals surface area contributed by atoms with Crippen molar-refractivity contribution in [2.24, 2.45) is 0 Å². The van der Waals surface area contributed by atoms with Gasteiger partial charge in [0, 0.05) is 11.8 Å². The van der Waals surface area contributed by atoms with Crippen LogP contribution in [-0.4, -0.2) is 4.98 Å². The number of nitrogens with two attached hydrogens (primary N) is 1. The average molecular weight is 291 g/mol. The van der Waals surface area contributed by atoms with Crippen LogP contribution in [0.25, 0.3) is 10.2 Å². The molecule has 0 bridgehead atoms. The van der Waals surface area contributed by atoms with Crippen molar-refractivity contribution in [3.8, 4) is 0 Å². The van der Waals surface area contributed by atoms with E-state index in [4.69, 9.17) is 5.73 Å². The third-order valence-corrected chi connectivity index (χ3v) is 3.74. The van der Waals surface area contributed by atoms with Crippen LogP contribution in [0, 0.1) is 18.6 Å². The van der Waals surface area contributed by atoms with Crippen LogP contribution >= 0.6 is 11.3 Å². The zero-order valence-electron chi connectivity index (χ0n) is 10.6. The molecular weight excluding hydrogens is 280 g/mol. The molecule has 0 amide bonds. The Morgan fingerprint density at radius 3 is 2.50 bits per heavy atom. The number of rotatable bonds is 2. The first-order valence-electron chi connectivity index (χ1n) is 5.91. The van der Waals surface area contributed by atoms with E-state index < -0.39 is 11.6 Å². The Balaban J connectivity index is 2.03. The van der Waals surface area contributed by atoms with E-state index in [9.17, 15) is 8.78 Å². The summed E-state index contributed by atoms with van der Waals surface area (Å²) in [6.07, 6.45) is 0. The second kappa shape index (κ2) is 4.72. The number of hydrogen-bond acceptors (Lipinski definition) is 4. The Kier molecular flexibility index (Phi) is 3.02. The van der Waals surface area contributed by atoms with Crippen LogP contribution in [0.1, 0.15) is 5.01 Å². The topological polar surface area (TPSA) is 50.9 Å². The van der Waals surface area contributed by atoms with Gasteiger partial charge in [0.1, 0.15) is 11.6 Å². The molecule has 20 heavy (non-hydrogen) atoms. The highest BCUT2D eigenvalue weighted by Gasteiger charge is 2.08. The maximum absolute atomic E-state index is 13.2. The van der Waals surface area contributed by atoms with E-state index in [0.29, 0.717) is 17.1 Å². The van der Waals surface area contributed by atoms with Gasteiger partial charge in [-0.15, -0.1) is 11.3 Å². The number of thiazole rings is 1. The van der Waals surface area contributed by atoms with Crippen molar-refractivity contribution in [3.05, 3.63) is 47.0 Å². The molecule has 0 saturated heterocycles. The summed E-state index contributed by atoms with van der Waals surface area (Å²) >= 11 is 1.55. The fourth-order valence-corrected chi connectivity index (χ4v) is 2.85. The minimum absolute atomic E-state index is 0.306. The lowest BCUT2D eigenvalue weighted by Gasteiger charge is -2.09. The quantitative estimate of drug-likeness (QED) is 0.695. The summed E-state index contributed by atoms with van der Waals surface area (Å²) in [5.74, 6) is -1.28.